The molecule has 1 fully saturated rings. The van der Waals surface area contributed by atoms with Crippen molar-refractivity contribution >= 4 is 5.91 Å². The lowest BCUT2D eigenvalue weighted by molar-refractivity contribution is -0.123. The molecule has 3 aromatic carbocycles. The minimum Gasteiger partial charge on any atom is -0.492 e. The summed E-state index contributed by atoms with van der Waals surface area (Å²) in [5.74, 6) is 0.706. The molecule has 4 nitrogen and oxygen atoms in total. The van der Waals surface area contributed by atoms with Gasteiger partial charge in [0.05, 0.1) is 0 Å². The van der Waals surface area contributed by atoms with Crippen LogP contribution in [0.15, 0.2) is 91.0 Å². The van der Waals surface area contributed by atoms with Gasteiger partial charge in [0, 0.05) is 13.1 Å². The summed E-state index contributed by atoms with van der Waals surface area (Å²) >= 11 is 0. The first kappa shape index (κ1) is 20.2. The van der Waals surface area contributed by atoms with Crippen LogP contribution >= 0.6 is 0 Å². The largest absolute Gasteiger partial charge is 0.492 e. The molecular weight excluding hydrogens is 372 g/mol. The van der Waals surface area contributed by atoms with Crippen LogP contribution in [-0.4, -0.2) is 37.0 Å². The lowest BCUT2D eigenvalue weighted by Crippen LogP contribution is -2.49. The van der Waals surface area contributed by atoms with Gasteiger partial charge < -0.3 is 10.5 Å². The second-order valence-electron chi connectivity index (χ2n) is 7.85. The molecule has 1 aliphatic heterocycles. The average molecular weight is 401 g/mol. The van der Waals surface area contributed by atoms with E-state index in [-0.39, 0.29) is 11.8 Å². The lowest BCUT2D eigenvalue weighted by Gasteiger charge is -2.37. The summed E-state index contributed by atoms with van der Waals surface area (Å²) in [6.07, 6.45) is 0.915. The van der Waals surface area contributed by atoms with E-state index in [1.807, 2.05) is 91.0 Å². The molecule has 0 radical (unpaired) electrons. The number of amides is 1. The first-order valence-electron chi connectivity index (χ1n) is 10.5. The van der Waals surface area contributed by atoms with Gasteiger partial charge in [-0.3, -0.25) is 9.69 Å². The number of likely N-dealkylation sites (tertiary alicyclic amines) is 1. The van der Waals surface area contributed by atoms with Gasteiger partial charge in [0.25, 0.3) is 0 Å². The molecule has 0 aliphatic carbocycles. The highest BCUT2D eigenvalue weighted by Gasteiger charge is 2.49. The van der Waals surface area contributed by atoms with Crippen molar-refractivity contribution in [2.45, 2.75) is 11.8 Å². The summed E-state index contributed by atoms with van der Waals surface area (Å²) in [6, 6.07) is 29.9. The molecule has 1 heterocycles. The van der Waals surface area contributed by atoms with Crippen LogP contribution in [0.25, 0.3) is 0 Å². The Morgan fingerprint density at radius 3 is 1.97 bits per heavy atom. The number of rotatable bonds is 8. The van der Waals surface area contributed by atoms with Gasteiger partial charge in [-0.05, 0) is 42.1 Å². The van der Waals surface area contributed by atoms with Gasteiger partial charge in [-0.1, -0.05) is 78.9 Å². The Labute approximate surface area is 178 Å². The van der Waals surface area contributed by atoms with Crippen LogP contribution in [0.5, 0.6) is 5.75 Å². The van der Waals surface area contributed by atoms with E-state index in [2.05, 4.69) is 4.90 Å². The molecule has 1 aliphatic rings. The van der Waals surface area contributed by atoms with E-state index >= 15 is 0 Å². The predicted octanol–water partition coefficient (Wildman–Crippen LogP) is 3.86. The van der Waals surface area contributed by atoms with Crippen molar-refractivity contribution in [3.05, 3.63) is 102 Å². The van der Waals surface area contributed by atoms with Crippen molar-refractivity contribution in [1.82, 2.24) is 4.90 Å². The normalized spacial score (nSPS) is 17.0. The zero-order valence-corrected chi connectivity index (χ0v) is 17.1. The fourth-order valence-electron chi connectivity index (χ4n) is 4.72. The molecule has 30 heavy (non-hydrogen) atoms. The average Bonchev–Trinajstić information content (AvgIpc) is 3.25. The summed E-state index contributed by atoms with van der Waals surface area (Å²) in [6.45, 7) is 3.18. The number of carbonyl (C=O) groups excluding carboxylic acids is 1. The number of carbonyl (C=O) groups is 1. The molecule has 0 spiro atoms. The Hall–Kier alpha value is -3.11. The van der Waals surface area contributed by atoms with Crippen molar-refractivity contribution in [3.63, 3.8) is 0 Å². The second-order valence-corrected chi connectivity index (χ2v) is 7.85. The molecule has 154 valence electrons. The quantitative estimate of drug-likeness (QED) is 0.625. The number of benzene rings is 3. The maximum absolute atomic E-state index is 13.1. The minimum absolute atomic E-state index is 0.108. The maximum atomic E-state index is 13.1. The van der Waals surface area contributed by atoms with Gasteiger partial charge >= 0.3 is 0 Å². The smallest absolute Gasteiger partial charge is 0.232 e. The number of hydrogen-bond donors (Lipinski definition) is 1. The number of ether oxygens (including phenoxy) is 1. The van der Waals surface area contributed by atoms with Crippen molar-refractivity contribution < 1.29 is 9.53 Å². The van der Waals surface area contributed by atoms with Crippen LogP contribution in [0.3, 0.4) is 0 Å². The van der Waals surface area contributed by atoms with Gasteiger partial charge in [0.1, 0.15) is 17.8 Å². The highest BCUT2D eigenvalue weighted by molar-refractivity contribution is 5.91. The third-order valence-corrected chi connectivity index (χ3v) is 6.15. The van der Waals surface area contributed by atoms with Crippen LogP contribution in [0.1, 0.15) is 17.5 Å². The molecule has 0 bridgehead atoms. The molecule has 4 heteroatoms. The summed E-state index contributed by atoms with van der Waals surface area (Å²) in [5.41, 5.74) is 7.26. The Morgan fingerprint density at radius 1 is 0.900 bits per heavy atom. The number of hydrogen-bond acceptors (Lipinski definition) is 3. The monoisotopic (exact) mass is 400 g/mol. The van der Waals surface area contributed by atoms with E-state index in [4.69, 9.17) is 10.5 Å². The van der Waals surface area contributed by atoms with Gasteiger partial charge in [-0.15, -0.1) is 0 Å². The number of nitrogens with zero attached hydrogens (tertiary/aromatic N) is 1. The summed E-state index contributed by atoms with van der Waals surface area (Å²) < 4.78 is 5.87. The molecule has 1 saturated heterocycles. The Balaban J connectivity index is 1.56. The van der Waals surface area contributed by atoms with E-state index in [0.29, 0.717) is 6.61 Å². The molecule has 1 amide bonds. The molecule has 1 unspecified atom stereocenters. The fraction of sp³-hybridized carbons (Fsp3) is 0.269. The van der Waals surface area contributed by atoms with Crippen molar-refractivity contribution in [2.75, 3.05) is 26.2 Å². The lowest BCUT2D eigenvalue weighted by atomic mass is 9.64. The first-order chi connectivity index (χ1) is 14.7. The number of primary amides is 1. The topological polar surface area (TPSA) is 55.6 Å². The highest BCUT2D eigenvalue weighted by atomic mass is 16.5. The summed E-state index contributed by atoms with van der Waals surface area (Å²) in [4.78, 5) is 15.5. The molecule has 1 atom stereocenters. The molecular formula is C26H28N2O2. The van der Waals surface area contributed by atoms with E-state index in [9.17, 15) is 4.79 Å². The predicted molar refractivity (Wildman–Crippen MR) is 119 cm³/mol. The third kappa shape index (κ3) is 3.96. The molecule has 0 aromatic heterocycles. The maximum Gasteiger partial charge on any atom is 0.232 e. The zero-order valence-electron chi connectivity index (χ0n) is 17.1. The Kier molecular flexibility index (Phi) is 6.15. The summed E-state index contributed by atoms with van der Waals surface area (Å²) in [5, 5.41) is 0. The highest BCUT2D eigenvalue weighted by Crippen LogP contribution is 2.43. The first-order valence-corrected chi connectivity index (χ1v) is 10.5. The van der Waals surface area contributed by atoms with Crippen LogP contribution in [0.2, 0.25) is 0 Å². The van der Waals surface area contributed by atoms with Crippen molar-refractivity contribution in [1.29, 1.82) is 0 Å². The van der Waals surface area contributed by atoms with E-state index in [0.717, 1.165) is 42.9 Å². The third-order valence-electron chi connectivity index (χ3n) is 6.15. The molecule has 0 saturated carbocycles. The van der Waals surface area contributed by atoms with Crippen LogP contribution in [-0.2, 0) is 10.2 Å². The van der Waals surface area contributed by atoms with E-state index in [1.54, 1.807) is 0 Å². The van der Waals surface area contributed by atoms with Crippen molar-refractivity contribution in [3.8, 4) is 5.75 Å². The zero-order chi connectivity index (χ0) is 20.8. The van der Waals surface area contributed by atoms with Crippen molar-refractivity contribution in [2.24, 2.45) is 11.7 Å². The van der Waals surface area contributed by atoms with Gasteiger partial charge in [-0.25, -0.2) is 0 Å². The van der Waals surface area contributed by atoms with Gasteiger partial charge in [-0.2, -0.15) is 0 Å². The van der Waals surface area contributed by atoms with Crippen LogP contribution < -0.4 is 10.5 Å². The molecule has 2 N–H and O–H groups in total. The number of nitrogens with two attached hydrogens (primary N) is 1. The van der Waals surface area contributed by atoms with Gasteiger partial charge in [0.2, 0.25) is 5.91 Å². The molecule has 4 rings (SSSR count). The van der Waals surface area contributed by atoms with E-state index in [1.165, 1.54) is 0 Å². The summed E-state index contributed by atoms with van der Waals surface area (Å²) in [7, 11) is 0. The van der Waals surface area contributed by atoms with Crippen LogP contribution in [0, 0.1) is 5.92 Å². The Bertz CT molecular complexity index is 905. The molecule has 3 aromatic rings. The second kappa shape index (κ2) is 9.14. The Morgan fingerprint density at radius 2 is 1.43 bits per heavy atom. The fourth-order valence-corrected chi connectivity index (χ4v) is 4.72. The SMILES string of the molecule is NC(=O)C(c1ccccc1)(c1ccccc1)C1CCN(CCOc2ccccc2)C1. The van der Waals surface area contributed by atoms with Gasteiger partial charge in [0.15, 0.2) is 0 Å². The standard InChI is InChI=1S/C26H28N2O2/c27-25(29)26(21-10-4-1-5-11-21,22-12-6-2-7-13-22)23-16-17-28(20-23)18-19-30-24-14-8-3-9-15-24/h1-15,23H,16-20H2,(H2,27,29). The minimum atomic E-state index is -0.836. The van der Waals surface area contributed by atoms with E-state index < -0.39 is 5.41 Å². The number of para-hydroxylation sites is 1. The van der Waals surface area contributed by atoms with Crippen LogP contribution in [0.4, 0.5) is 0 Å².